The number of nitrogens with zero attached hydrogens (tertiary/aromatic N) is 2. The maximum atomic E-state index is 13.3. The van der Waals surface area contributed by atoms with Gasteiger partial charge in [0.25, 0.3) is 11.7 Å². The molecule has 0 radical (unpaired) electrons. The molecule has 1 unspecified atom stereocenters. The van der Waals surface area contributed by atoms with Crippen LogP contribution in [0.25, 0.3) is 5.76 Å². The summed E-state index contributed by atoms with van der Waals surface area (Å²) in [5.74, 6) is -2.23. The molecule has 9 heteroatoms. The van der Waals surface area contributed by atoms with Gasteiger partial charge in [0.15, 0.2) is 0 Å². The van der Waals surface area contributed by atoms with E-state index >= 15 is 0 Å². The number of hydrogen-bond donors (Lipinski definition) is 2. The summed E-state index contributed by atoms with van der Waals surface area (Å²) in [5.41, 5.74) is 2.26. The number of morpholine rings is 1. The second kappa shape index (κ2) is 10.5. The fourth-order valence-corrected chi connectivity index (χ4v) is 4.81. The van der Waals surface area contributed by atoms with E-state index in [9.17, 15) is 19.5 Å². The Bertz CT molecular complexity index is 1150. The third kappa shape index (κ3) is 4.74. The summed E-state index contributed by atoms with van der Waals surface area (Å²) in [7, 11) is 0. The Hall–Kier alpha value is -3.43. The molecule has 2 saturated heterocycles. The van der Waals surface area contributed by atoms with Gasteiger partial charge in [-0.1, -0.05) is 30.3 Å². The molecule has 186 valence electrons. The van der Waals surface area contributed by atoms with Gasteiger partial charge < -0.3 is 24.5 Å². The van der Waals surface area contributed by atoms with Gasteiger partial charge >= 0.3 is 5.97 Å². The molecule has 2 fully saturated rings. The third-order valence-corrected chi connectivity index (χ3v) is 6.57. The van der Waals surface area contributed by atoms with Crippen molar-refractivity contribution in [2.24, 2.45) is 0 Å². The molecule has 1 aromatic heterocycles. The quantitative estimate of drug-likeness (QED) is 0.271. The lowest BCUT2D eigenvalue weighted by molar-refractivity contribution is -0.140. The van der Waals surface area contributed by atoms with Crippen LogP contribution >= 0.6 is 0 Å². The van der Waals surface area contributed by atoms with Crippen molar-refractivity contribution in [1.82, 2.24) is 14.8 Å². The first-order valence-electron chi connectivity index (χ1n) is 11.8. The van der Waals surface area contributed by atoms with Gasteiger partial charge in [-0.25, -0.2) is 4.79 Å². The summed E-state index contributed by atoms with van der Waals surface area (Å²) in [4.78, 5) is 45.5. The molecule has 4 rings (SSSR count). The number of ether oxygens (including phenoxy) is 2. The summed E-state index contributed by atoms with van der Waals surface area (Å²) >= 11 is 0. The van der Waals surface area contributed by atoms with Crippen LogP contribution < -0.4 is 0 Å². The van der Waals surface area contributed by atoms with Gasteiger partial charge in [0, 0.05) is 37.4 Å². The molecule has 2 aliphatic heterocycles. The van der Waals surface area contributed by atoms with Crippen LogP contribution in [0.2, 0.25) is 0 Å². The number of carbonyl (C=O) groups is 3. The maximum Gasteiger partial charge on any atom is 0.355 e. The number of ketones is 1. The second-order valence-electron chi connectivity index (χ2n) is 8.70. The summed E-state index contributed by atoms with van der Waals surface area (Å²) in [5, 5.41) is 11.4. The average molecular weight is 482 g/mol. The van der Waals surface area contributed by atoms with Gasteiger partial charge in [-0.05, 0) is 31.9 Å². The highest BCUT2D eigenvalue weighted by Crippen LogP contribution is 2.40. The molecule has 3 heterocycles. The number of aromatic amines is 1. The van der Waals surface area contributed by atoms with Gasteiger partial charge in [0.1, 0.15) is 11.5 Å². The number of Topliss-reactive ketones (excluding diaryl/α,β-unsaturated/α-hetero) is 1. The minimum Gasteiger partial charge on any atom is -0.507 e. The Labute approximate surface area is 204 Å². The molecule has 2 aliphatic rings. The molecule has 35 heavy (non-hydrogen) atoms. The number of esters is 1. The Balaban J connectivity index is 1.77. The average Bonchev–Trinajstić information content (AvgIpc) is 3.30. The monoisotopic (exact) mass is 481 g/mol. The van der Waals surface area contributed by atoms with Crippen LogP contribution in [0.5, 0.6) is 0 Å². The lowest BCUT2D eigenvalue weighted by atomic mass is 9.94. The molecule has 2 aromatic rings. The Morgan fingerprint density at radius 3 is 2.49 bits per heavy atom. The van der Waals surface area contributed by atoms with Crippen molar-refractivity contribution in [1.29, 1.82) is 0 Å². The number of aromatic nitrogens is 1. The van der Waals surface area contributed by atoms with Crippen LogP contribution in [0.3, 0.4) is 0 Å². The standard InChI is InChI=1S/C26H31N3O6/c1-4-35-26(33)21-16(2)19(17(3)27-21)23(30)20-22(18-8-6-5-7-9-18)29(25(32)24(20)31)11-10-28-12-14-34-15-13-28/h5-9,22,27,30H,4,10-15H2,1-3H3. The molecule has 0 aliphatic carbocycles. The number of carbonyl (C=O) groups excluding carboxylic acids is 3. The van der Waals surface area contributed by atoms with E-state index in [0.717, 1.165) is 18.7 Å². The van der Waals surface area contributed by atoms with Crippen LogP contribution in [-0.4, -0.2) is 83.5 Å². The van der Waals surface area contributed by atoms with E-state index in [-0.39, 0.29) is 23.6 Å². The molecule has 2 N–H and O–H groups in total. The summed E-state index contributed by atoms with van der Waals surface area (Å²) < 4.78 is 10.5. The van der Waals surface area contributed by atoms with Crippen LogP contribution in [0.1, 0.15) is 45.8 Å². The third-order valence-electron chi connectivity index (χ3n) is 6.57. The lowest BCUT2D eigenvalue weighted by Crippen LogP contribution is -2.42. The van der Waals surface area contributed by atoms with E-state index in [4.69, 9.17) is 9.47 Å². The predicted molar refractivity (Wildman–Crippen MR) is 129 cm³/mol. The first-order valence-corrected chi connectivity index (χ1v) is 11.8. The second-order valence-corrected chi connectivity index (χ2v) is 8.70. The number of nitrogens with one attached hydrogen (secondary N) is 1. The van der Waals surface area contributed by atoms with Crippen molar-refractivity contribution in [3.8, 4) is 0 Å². The van der Waals surface area contributed by atoms with Gasteiger partial charge in [0.2, 0.25) is 0 Å². The topological polar surface area (TPSA) is 112 Å². The van der Waals surface area contributed by atoms with Gasteiger partial charge in [-0.2, -0.15) is 0 Å². The number of H-pyrrole nitrogens is 1. The zero-order chi connectivity index (χ0) is 25.1. The zero-order valence-electron chi connectivity index (χ0n) is 20.3. The molecule has 0 saturated carbocycles. The Morgan fingerprint density at radius 2 is 1.83 bits per heavy atom. The number of likely N-dealkylation sites (tertiary alicyclic amines) is 1. The zero-order valence-corrected chi connectivity index (χ0v) is 20.3. The SMILES string of the molecule is CCOC(=O)c1[nH]c(C)c(C(O)=C2C(=O)C(=O)N(CCN3CCOCC3)C2c2ccccc2)c1C. The Morgan fingerprint density at radius 1 is 1.14 bits per heavy atom. The van der Waals surface area contributed by atoms with E-state index in [0.29, 0.717) is 43.1 Å². The highest BCUT2D eigenvalue weighted by Gasteiger charge is 2.46. The number of aliphatic hydroxyl groups excluding tert-OH is 1. The predicted octanol–water partition coefficient (Wildman–Crippen LogP) is 2.56. The summed E-state index contributed by atoms with van der Waals surface area (Å²) in [6, 6.07) is 8.47. The molecular formula is C26H31N3O6. The summed E-state index contributed by atoms with van der Waals surface area (Å²) in [6.07, 6.45) is 0. The normalized spacial score (nSPS) is 20.4. The van der Waals surface area contributed by atoms with Crippen molar-refractivity contribution < 1.29 is 29.0 Å². The van der Waals surface area contributed by atoms with Crippen molar-refractivity contribution in [2.75, 3.05) is 46.0 Å². The van der Waals surface area contributed by atoms with Crippen LogP contribution in [0, 0.1) is 13.8 Å². The van der Waals surface area contributed by atoms with Gasteiger partial charge in [-0.15, -0.1) is 0 Å². The molecule has 1 aromatic carbocycles. The van der Waals surface area contributed by atoms with Crippen LogP contribution in [0.15, 0.2) is 35.9 Å². The highest BCUT2D eigenvalue weighted by molar-refractivity contribution is 6.46. The van der Waals surface area contributed by atoms with E-state index in [1.54, 1.807) is 20.8 Å². The number of rotatable bonds is 7. The number of aryl methyl sites for hydroxylation is 1. The molecular weight excluding hydrogens is 450 g/mol. The van der Waals surface area contributed by atoms with Crippen molar-refractivity contribution in [2.45, 2.75) is 26.8 Å². The Kier molecular flexibility index (Phi) is 7.37. The smallest absolute Gasteiger partial charge is 0.355 e. The van der Waals surface area contributed by atoms with Crippen LogP contribution in [0.4, 0.5) is 0 Å². The van der Waals surface area contributed by atoms with Gasteiger partial charge in [0.05, 0.1) is 31.4 Å². The van der Waals surface area contributed by atoms with Crippen molar-refractivity contribution >= 4 is 23.4 Å². The minimum absolute atomic E-state index is 0.0174. The first-order chi connectivity index (χ1) is 16.8. The number of aliphatic hydroxyl groups is 1. The lowest BCUT2D eigenvalue weighted by Gasteiger charge is -2.31. The van der Waals surface area contributed by atoms with Crippen LogP contribution in [-0.2, 0) is 19.1 Å². The van der Waals surface area contributed by atoms with Gasteiger partial charge in [-0.3, -0.25) is 14.5 Å². The summed E-state index contributed by atoms with van der Waals surface area (Å²) in [6.45, 7) is 9.02. The van der Waals surface area contributed by atoms with E-state index < -0.39 is 23.7 Å². The molecule has 0 bridgehead atoms. The van der Waals surface area contributed by atoms with Crippen molar-refractivity contribution in [3.05, 3.63) is 64.0 Å². The molecule has 1 amide bonds. The molecule has 9 nitrogen and oxygen atoms in total. The first kappa shape index (κ1) is 24.7. The number of amides is 1. The highest BCUT2D eigenvalue weighted by atomic mass is 16.5. The van der Waals surface area contributed by atoms with E-state index in [2.05, 4.69) is 9.88 Å². The van der Waals surface area contributed by atoms with E-state index in [1.165, 1.54) is 4.90 Å². The number of hydrogen-bond acceptors (Lipinski definition) is 7. The fraction of sp³-hybridized carbons (Fsp3) is 0.423. The fourth-order valence-electron chi connectivity index (χ4n) is 4.81. The minimum atomic E-state index is -0.740. The van der Waals surface area contributed by atoms with Crippen molar-refractivity contribution in [3.63, 3.8) is 0 Å². The maximum absolute atomic E-state index is 13.3. The number of benzene rings is 1. The molecule has 0 spiro atoms. The van der Waals surface area contributed by atoms with E-state index in [1.807, 2.05) is 30.3 Å². The molecule has 1 atom stereocenters. The largest absolute Gasteiger partial charge is 0.507 e.